The molecule has 0 aliphatic heterocycles. The second-order valence-electron chi connectivity index (χ2n) is 4.01. The summed E-state index contributed by atoms with van der Waals surface area (Å²) in [6.07, 6.45) is -4.45. The van der Waals surface area contributed by atoms with E-state index in [4.69, 9.17) is 0 Å². The molecule has 0 amide bonds. The zero-order chi connectivity index (χ0) is 13.3. The Balaban J connectivity index is 2.70. The summed E-state index contributed by atoms with van der Waals surface area (Å²) < 4.78 is 51.9. The topological polar surface area (TPSA) is 0 Å². The zero-order valence-electron chi connectivity index (χ0n) is 9.55. The van der Waals surface area contributed by atoms with Crippen LogP contribution in [0.25, 0.3) is 11.1 Å². The maximum atomic E-state index is 13.1. The molecule has 0 aromatic heterocycles. The molecule has 0 aliphatic carbocycles. The van der Waals surface area contributed by atoms with Crippen LogP contribution in [0.2, 0.25) is 0 Å². The van der Waals surface area contributed by atoms with Crippen molar-refractivity contribution in [2.45, 2.75) is 13.1 Å². The minimum Gasteiger partial charge on any atom is -0.207 e. The summed E-state index contributed by atoms with van der Waals surface area (Å²) in [4.78, 5) is 0. The third-order valence-electron chi connectivity index (χ3n) is 2.69. The van der Waals surface area contributed by atoms with Crippen LogP contribution in [0, 0.1) is 12.7 Å². The summed E-state index contributed by atoms with van der Waals surface area (Å²) in [6, 6.07) is 9.12. The van der Waals surface area contributed by atoms with E-state index in [-0.39, 0.29) is 11.1 Å². The highest BCUT2D eigenvalue weighted by molar-refractivity contribution is 5.71. The number of benzene rings is 2. The van der Waals surface area contributed by atoms with Crippen LogP contribution < -0.4 is 0 Å². The van der Waals surface area contributed by atoms with Crippen LogP contribution in [0.1, 0.15) is 11.1 Å². The summed E-state index contributed by atoms with van der Waals surface area (Å²) in [7, 11) is 0. The van der Waals surface area contributed by atoms with Gasteiger partial charge in [0.1, 0.15) is 5.82 Å². The van der Waals surface area contributed by atoms with Gasteiger partial charge in [-0.2, -0.15) is 13.2 Å². The van der Waals surface area contributed by atoms with Gasteiger partial charge in [0.25, 0.3) is 0 Å². The molecule has 0 unspecified atom stereocenters. The Morgan fingerprint density at radius 1 is 0.944 bits per heavy atom. The van der Waals surface area contributed by atoms with Crippen LogP contribution in [0.3, 0.4) is 0 Å². The maximum absolute atomic E-state index is 13.1. The van der Waals surface area contributed by atoms with Gasteiger partial charge >= 0.3 is 6.18 Å². The Labute approximate surface area is 102 Å². The van der Waals surface area contributed by atoms with Crippen LogP contribution >= 0.6 is 0 Å². The van der Waals surface area contributed by atoms with Crippen molar-refractivity contribution in [3.8, 4) is 11.1 Å². The fourth-order valence-corrected chi connectivity index (χ4v) is 1.93. The Kier molecular flexibility index (Phi) is 3.11. The molecule has 18 heavy (non-hydrogen) atoms. The SMILES string of the molecule is Cc1cccc(C(F)(F)F)c1-c1cccc(F)c1. The molecule has 0 spiro atoms. The molecule has 0 bridgehead atoms. The van der Waals surface area contributed by atoms with Gasteiger partial charge in [-0.3, -0.25) is 0 Å². The van der Waals surface area contributed by atoms with E-state index in [2.05, 4.69) is 0 Å². The molecular formula is C14H10F4. The summed E-state index contributed by atoms with van der Waals surface area (Å²) in [6.45, 7) is 1.58. The van der Waals surface area contributed by atoms with Crippen LogP contribution in [0.15, 0.2) is 42.5 Å². The van der Waals surface area contributed by atoms with E-state index in [1.54, 1.807) is 13.0 Å². The zero-order valence-corrected chi connectivity index (χ0v) is 9.55. The van der Waals surface area contributed by atoms with Gasteiger partial charge in [0.05, 0.1) is 5.56 Å². The largest absolute Gasteiger partial charge is 0.417 e. The molecule has 0 aliphatic rings. The van der Waals surface area contributed by atoms with Crippen molar-refractivity contribution in [3.05, 3.63) is 59.4 Å². The molecule has 94 valence electrons. The molecular weight excluding hydrogens is 244 g/mol. The lowest BCUT2D eigenvalue weighted by Crippen LogP contribution is -2.08. The predicted octanol–water partition coefficient (Wildman–Crippen LogP) is 4.82. The summed E-state index contributed by atoms with van der Waals surface area (Å²) in [5.41, 5.74) is -0.00606. The lowest BCUT2D eigenvalue weighted by molar-refractivity contribution is -0.137. The van der Waals surface area contributed by atoms with E-state index in [0.29, 0.717) is 5.56 Å². The third kappa shape index (κ3) is 2.37. The number of aryl methyl sites for hydroxylation is 1. The Hall–Kier alpha value is -1.84. The fraction of sp³-hybridized carbons (Fsp3) is 0.143. The van der Waals surface area contributed by atoms with Gasteiger partial charge in [-0.05, 0) is 41.8 Å². The first-order valence-electron chi connectivity index (χ1n) is 5.32. The van der Waals surface area contributed by atoms with E-state index in [9.17, 15) is 17.6 Å². The highest BCUT2D eigenvalue weighted by atomic mass is 19.4. The van der Waals surface area contributed by atoms with Crippen LogP contribution in [0.5, 0.6) is 0 Å². The predicted molar refractivity (Wildman–Crippen MR) is 61.6 cm³/mol. The van der Waals surface area contributed by atoms with Gasteiger partial charge in [-0.25, -0.2) is 4.39 Å². The lowest BCUT2D eigenvalue weighted by Gasteiger charge is -2.15. The first-order valence-corrected chi connectivity index (χ1v) is 5.32. The third-order valence-corrected chi connectivity index (χ3v) is 2.69. The minimum atomic E-state index is -4.45. The molecule has 0 saturated carbocycles. The molecule has 4 heteroatoms. The Bertz CT molecular complexity index is 570. The number of rotatable bonds is 1. The standard InChI is InChI=1S/C14H10F4/c1-9-4-2-7-12(14(16,17)18)13(9)10-5-3-6-11(15)8-10/h2-8H,1H3. The highest BCUT2D eigenvalue weighted by Gasteiger charge is 2.34. The van der Waals surface area contributed by atoms with E-state index < -0.39 is 17.6 Å². The molecule has 2 aromatic carbocycles. The fourth-order valence-electron chi connectivity index (χ4n) is 1.93. The van der Waals surface area contributed by atoms with Crippen LogP contribution in [-0.4, -0.2) is 0 Å². The van der Waals surface area contributed by atoms with E-state index in [0.717, 1.165) is 12.1 Å². The first kappa shape index (κ1) is 12.6. The van der Waals surface area contributed by atoms with Crippen molar-refractivity contribution in [1.29, 1.82) is 0 Å². The van der Waals surface area contributed by atoms with Gasteiger partial charge in [-0.1, -0.05) is 24.3 Å². The second kappa shape index (κ2) is 4.44. The molecule has 0 fully saturated rings. The van der Waals surface area contributed by atoms with Gasteiger partial charge in [0, 0.05) is 0 Å². The monoisotopic (exact) mass is 254 g/mol. The van der Waals surface area contributed by atoms with E-state index >= 15 is 0 Å². The normalized spacial score (nSPS) is 11.6. The molecule has 0 N–H and O–H groups in total. The average molecular weight is 254 g/mol. The van der Waals surface area contributed by atoms with E-state index in [1.165, 1.54) is 24.3 Å². The van der Waals surface area contributed by atoms with Crippen molar-refractivity contribution in [1.82, 2.24) is 0 Å². The number of hydrogen-bond acceptors (Lipinski definition) is 0. The second-order valence-corrected chi connectivity index (χ2v) is 4.01. The molecule has 0 saturated heterocycles. The number of halogens is 4. The summed E-state index contributed by atoms with van der Waals surface area (Å²) >= 11 is 0. The summed E-state index contributed by atoms with van der Waals surface area (Å²) in [5, 5.41) is 0. The molecule has 2 rings (SSSR count). The summed E-state index contributed by atoms with van der Waals surface area (Å²) in [5.74, 6) is -0.552. The van der Waals surface area contributed by atoms with Gasteiger partial charge in [0.2, 0.25) is 0 Å². The van der Waals surface area contributed by atoms with Gasteiger partial charge in [0.15, 0.2) is 0 Å². The van der Waals surface area contributed by atoms with E-state index in [1.807, 2.05) is 0 Å². The van der Waals surface area contributed by atoms with Gasteiger partial charge in [-0.15, -0.1) is 0 Å². The highest BCUT2D eigenvalue weighted by Crippen LogP contribution is 2.38. The first-order chi connectivity index (χ1) is 8.39. The molecule has 0 heterocycles. The van der Waals surface area contributed by atoms with Crippen molar-refractivity contribution < 1.29 is 17.6 Å². The Morgan fingerprint density at radius 3 is 2.22 bits per heavy atom. The van der Waals surface area contributed by atoms with Crippen LogP contribution in [-0.2, 0) is 6.18 Å². The smallest absolute Gasteiger partial charge is 0.207 e. The minimum absolute atomic E-state index is 0.0319. The van der Waals surface area contributed by atoms with Crippen LogP contribution in [0.4, 0.5) is 17.6 Å². The average Bonchev–Trinajstić information content (AvgIpc) is 2.27. The quantitative estimate of drug-likeness (QED) is 0.640. The maximum Gasteiger partial charge on any atom is 0.417 e. The number of hydrogen-bond donors (Lipinski definition) is 0. The lowest BCUT2D eigenvalue weighted by atomic mass is 9.95. The van der Waals surface area contributed by atoms with Gasteiger partial charge < -0.3 is 0 Å². The molecule has 0 atom stereocenters. The van der Waals surface area contributed by atoms with Crippen molar-refractivity contribution in [2.24, 2.45) is 0 Å². The van der Waals surface area contributed by atoms with Crippen molar-refractivity contribution >= 4 is 0 Å². The van der Waals surface area contributed by atoms with Crippen molar-refractivity contribution in [3.63, 3.8) is 0 Å². The molecule has 0 radical (unpaired) electrons. The van der Waals surface area contributed by atoms with Crippen molar-refractivity contribution in [2.75, 3.05) is 0 Å². The molecule has 0 nitrogen and oxygen atoms in total. The Morgan fingerprint density at radius 2 is 1.61 bits per heavy atom. The number of alkyl halides is 3. The molecule has 2 aromatic rings.